The van der Waals surface area contributed by atoms with Crippen molar-refractivity contribution in [2.45, 2.75) is 12.8 Å². The van der Waals surface area contributed by atoms with Crippen molar-refractivity contribution in [3.05, 3.63) is 54.7 Å². The number of methoxy groups -OCH3 is 1. The van der Waals surface area contributed by atoms with Crippen molar-refractivity contribution in [1.29, 1.82) is 0 Å². The van der Waals surface area contributed by atoms with Crippen molar-refractivity contribution in [1.82, 2.24) is 15.2 Å². The monoisotopic (exact) mass is 346 g/mol. The van der Waals surface area contributed by atoms with E-state index in [1.165, 1.54) is 0 Å². The Bertz CT molecular complexity index is 941. The van der Waals surface area contributed by atoms with Crippen LogP contribution in [-0.2, 0) is 4.79 Å². The van der Waals surface area contributed by atoms with Crippen molar-refractivity contribution in [3.63, 3.8) is 0 Å². The van der Waals surface area contributed by atoms with Gasteiger partial charge in [-0.1, -0.05) is 12.1 Å². The van der Waals surface area contributed by atoms with Gasteiger partial charge in [-0.15, -0.1) is 5.10 Å². The molecule has 130 valence electrons. The second-order valence-electron chi connectivity index (χ2n) is 6.09. The standard InChI is InChI=1S/C20H18N4O2/c1-26-17-9-7-14(8-10-17)20-22-18(13-21-23-20)15-4-2-5-16(12-15)24-11-3-6-19(24)25/h2,4-5,7-10,12-13H,3,6,11H2,1H3. The summed E-state index contributed by atoms with van der Waals surface area (Å²) in [6, 6.07) is 15.4. The van der Waals surface area contributed by atoms with Gasteiger partial charge in [0.25, 0.3) is 0 Å². The highest BCUT2D eigenvalue weighted by Gasteiger charge is 2.21. The molecule has 1 aliphatic rings. The minimum atomic E-state index is 0.168. The summed E-state index contributed by atoms with van der Waals surface area (Å²) in [6.07, 6.45) is 3.15. The minimum absolute atomic E-state index is 0.168. The summed E-state index contributed by atoms with van der Waals surface area (Å²) >= 11 is 0. The van der Waals surface area contributed by atoms with Crippen molar-refractivity contribution >= 4 is 11.6 Å². The fourth-order valence-electron chi connectivity index (χ4n) is 3.06. The molecule has 2 heterocycles. The Morgan fingerprint density at radius 1 is 1.08 bits per heavy atom. The molecule has 1 fully saturated rings. The summed E-state index contributed by atoms with van der Waals surface area (Å²) in [5.74, 6) is 1.50. The number of nitrogens with zero attached hydrogens (tertiary/aromatic N) is 4. The Hall–Kier alpha value is -3.28. The molecule has 6 heteroatoms. The molecule has 6 nitrogen and oxygen atoms in total. The first-order chi connectivity index (χ1) is 12.7. The molecule has 0 atom stereocenters. The molecule has 1 aromatic heterocycles. The Morgan fingerprint density at radius 3 is 2.65 bits per heavy atom. The normalized spacial score (nSPS) is 13.9. The third-order valence-electron chi connectivity index (χ3n) is 4.43. The zero-order chi connectivity index (χ0) is 17.9. The second kappa shape index (κ2) is 6.92. The Labute approximate surface area is 151 Å². The van der Waals surface area contributed by atoms with E-state index in [-0.39, 0.29) is 5.91 Å². The molecule has 0 bridgehead atoms. The molecule has 3 aromatic rings. The fourth-order valence-corrected chi connectivity index (χ4v) is 3.06. The van der Waals surface area contributed by atoms with Crippen LogP contribution < -0.4 is 9.64 Å². The minimum Gasteiger partial charge on any atom is -0.497 e. The van der Waals surface area contributed by atoms with Crippen LogP contribution in [0.2, 0.25) is 0 Å². The number of carbonyl (C=O) groups is 1. The number of carbonyl (C=O) groups excluding carboxylic acids is 1. The maximum absolute atomic E-state index is 12.0. The lowest BCUT2D eigenvalue weighted by molar-refractivity contribution is -0.117. The SMILES string of the molecule is COc1ccc(-c2nncc(-c3cccc(N4CCCC4=O)c3)n2)cc1. The van der Waals surface area contributed by atoms with Gasteiger partial charge in [0.2, 0.25) is 5.91 Å². The lowest BCUT2D eigenvalue weighted by Gasteiger charge is -2.16. The Kier molecular flexibility index (Phi) is 4.31. The molecular formula is C20H18N4O2. The molecular weight excluding hydrogens is 328 g/mol. The van der Waals surface area contributed by atoms with Gasteiger partial charge in [0.1, 0.15) is 5.75 Å². The molecule has 1 saturated heterocycles. The third-order valence-corrected chi connectivity index (χ3v) is 4.43. The Balaban J connectivity index is 1.67. The van der Waals surface area contributed by atoms with E-state index in [4.69, 9.17) is 4.74 Å². The van der Waals surface area contributed by atoms with Crippen molar-refractivity contribution in [3.8, 4) is 28.4 Å². The number of aromatic nitrogens is 3. The summed E-state index contributed by atoms with van der Waals surface area (Å²) < 4.78 is 5.18. The van der Waals surface area contributed by atoms with Gasteiger partial charge in [0.05, 0.1) is 19.0 Å². The van der Waals surface area contributed by atoms with Gasteiger partial charge >= 0.3 is 0 Å². The number of benzene rings is 2. The van der Waals surface area contributed by atoms with E-state index in [0.717, 1.165) is 41.2 Å². The van der Waals surface area contributed by atoms with E-state index in [1.54, 1.807) is 13.3 Å². The first-order valence-corrected chi connectivity index (χ1v) is 8.49. The van der Waals surface area contributed by atoms with Gasteiger partial charge in [-0.3, -0.25) is 4.79 Å². The van der Waals surface area contributed by atoms with E-state index < -0.39 is 0 Å². The van der Waals surface area contributed by atoms with Gasteiger partial charge in [-0.2, -0.15) is 5.10 Å². The van der Waals surface area contributed by atoms with Crippen molar-refractivity contribution in [2.75, 3.05) is 18.6 Å². The van der Waals surface area contributed by atoms with Crippen molar-refractivity contribution < 1.29 is 9.53 Å². The summed E-state index contributed by atoms with van der Waals surface area (Å²) in [5.41, 5.74) is 3.40. The van der Waals surface area contributed by atoms with Crippen LogP contribution in [0, 0.1) is 0 Å². The highest BCUT2D eigenvalue weighted by Crippen LogP contribution is 2.27. The predicted molar refractivity (Wildman–Crippen MR) is 98.8 cm³/mol. The summed E-state index contributed by atoms with van der Waals surface area (Å²) in [7, 11) is 1.63. The van der Waals surface area contributed by atoms with E-state index in [2.05, 4.69) is 15.2 Å². The molecule has 0 unspecified atom stereocenters. The molecule has 4 rings (SSSR count). The summed E-state index contributed by atoms with van der Waals surface area (Å²) in [4.78, 5) is 18.5. The molecule has 0 aliphatic carbocycles. The predicted octanol–water partition coefficient (Wildman–Crippen LogP) is 3.34. The van der Waals surface area contributed by atoms with Crippen LogP contribution in [0.5, 0.6) is 5.75 Å². The van der Waals surface area contributed by atoms with Gasteiger partial charge in [0, 0.05) is 29.8 Å². The molecule has 1 aliphatic heterocycles. The van der Waals surface area contributed by atoms with Crippen LogP contribution in [0.1, 0.15) is 12.8 Å². The summed E-state index contributed by atoms with van der Waals surface area (Å²) in [6.45, 7) is 0.765. The lowest BCUT2D eigenvalue weighted by Crippen LogP contribution is -2.23. The van der Waals surface area contributed by atoms with Gasteiger partial charge in [-0.25, -0.2) is 4.98 Å². The van der Waals surface area contributed by atoms with Crippen LogP contribution in [-0.4, -0.2) is 34.7 Å². The van der Waals surface area contributed by atoms with E-state index in [0.29, 0.717) is 12.2 Å². The first-order valence-electron chi connectivity index (χ1n) is 8.49. The number of hydrogen-bond donors (Lipinski definition) is 0. The maximum Gasteiger partial charge on any atom is 0.227 e. The summed E-state index contributed by atoms with van der Waals surface area (Å²) in [5, 5.41) is 8.23. The smallest absolute Gasteiger partial charge is 0.227 e. The number of anilines is 1. The van der Waals surface area contributed by atoms with Gasteiger partial charge < -0.3 is 9.64 Å². The molecule has 26 heavy (non-hydrogen) atoms. The Morgan fingerprint density at radius 2 is 1.92 bits per heavy atom. The van der Waals surface area contributed by atoms with Crippen LogP contribution in [0.4, 0.5) is 5.69 Å². The van der Waals surface area contributed by atoms with E-state index >= 15 is 0 Å². The molecule has 0 saturated carbocycles. The molecule has 0 radical (unpaired) electrons. The van der Waals surface area contributed by atoms with Crippen LogP contribution in [0.25, 0.3) is 22.6 Å². The number of amides is 1. The average Bonchev–Trinajstić information content (AvgIpc) is 3.14. The van der Waals surface area contributed by atoms with Crippen molar-refractivity contribution in [2.24, 2.45) is 0 Å². The molecule has 0 N–H and O–H groups in total. The zero-order valence-corrected chi connectivity index (χ0v) is 14.4. The largest absolute Gasteiger partial charge is 0.497 e. The lowest BCUT2D eigenvalue weighted by atomic mass is 10.1. The second-order valence-corrected chi connectivity index (χ2v) is 6.09. The number of hydrogen-bond acceptors (Lipinski definition) is 5. The van der Waals surface area contributed by atoms with Crippen LogP contribution in [0.15, 0.2) is 54.7 Å². The average molecular weight is 346 g/mol. The quantitative estimate of drug-likeness (QED) is 0.725. The number of ether oxygens (including phenoxy) is 1. The highest BCUT2D eigenvalue weighted by atomic mass is 16.5. The van der Waals surface area contributed by atoms with Gasteiger partial charge in [-0.05, 0) is 42.8 Å². The highest BCUT2D eigenvalue weighted by molar-refractivity contribution is 5.95. The van der Waals surface area contributed by atoms with E-state index in [9.17, 15) is 4.79 Å². The fraction of sp³-hybridized carbons (Fsp3) is 0.200. The number of rotatable bonds is 4. The molecule has 0 spiro atoms. The zero-order valence-electron chi connectivity index (χ0n) is 14.4. The van der Waals surface area contributed by atoms with Crippen LogP contribution >= 0.6 is 0 Å². The van der Waals surface area contributed by atoms with Gasteiger partial charge in [0.15, 0.2) is 5.82 Å². The molecule has 1 amide bonds. The first kappa shape index (κ1) is 16.2. The van der Waals surface area contributed by atoms with E-state index in [1.807, 2.05) is 53.4 Å². The third kappa shape index (κ3) is 3.13. The topological polar surface area (TPSA) is 68.2 Å². The maximum atomic E-state index is 12.0. The molecule has 2 aromatic carbocycles. The van der Waals surface area contributed by atoms with Crippen LogP contribution in [0.3, 0.4) is 0 Å².